The van der Waals surface area contributed by atoms with Gasteiger partial charge in [0.25, 0.3) is 0 Å². The summed E-state index contributed by atoms with van der Waals surface area (Å²) in [5.41, 5.74) is 15.2. The molecule has 4 aliphatic carbocycles. The number of likely N-dealkylation sites (N-methyl/N-ethyl adjacent to an activating group) is 1. The van der Waals surface area contributed by atoms with Gasteiger partial charge < -0.3 is 4.90 Å². The van der Waals surface area contributed by atoms with Gasteiger partial charge in [0.05, 0.1) is 5.41 Å². The summed E-state index contributed by atoms with van der Waals surface area (Å²) >= 11 is 1.88. The smallest absolute Gasteiger partial charge is 0.0714 e. The molecule has 64 heavy (non-hydrogen) atoms. The summed E-state index contributed by atoms with van der Waals surface area (Å²) in [6, 6.07) is 53.5. The average molecular weight is 848 g/mol. The van der Waals surface area contributed by atoms with Crippen molar-refractivity contribution in [2.45, 2.75) is 46.5 Å². The van der Waals surface area contributed by atoms with E-state index in [2.05, 4.69) is 251 Å². The Morgan fingerprint density at radius 3 is 2.11 bits per heavy atom. The van der Waals surface area contributed by atoms with Gasteiger partial charge in [-0.05, 0) is 105 Å². The van der Waals surface area contributed by atoms with Gasteiger partial charge in [0.2, 0.25) is 0 Å². The van der Waals surface area contributed by atoms with Crippen LogP contribution in [0.5, 0.6) is 0 Å². The quantitative estimate of drug-likeness (QED) is 0.144. The maximum atomic E-state index is 2.48. The molecule has 1 unspecified atom stereocenters. The zero-order valence-electron chi connectivity index (χ0n) is 37.9. The Hall–Kier alpha value is -6.74. The van der Waals surface area contributed by atoms with Crippen molar-refractivity contribution >= 4 is 42.8 Å². The molecule has 0 N–H and O–H groups in total. The van der Waals surface area contributed by atoms with Crippen LogP contribution in [-0.2, 0) is 5.41 Å². The van der Waals surface area contributed by atoms with Crippen LogP contribution in [0.3, 0.4) is 0 Å². The lowest BCUT2D eigenvalue weighted by molar-refractivity contribution is 0.416. The first kappa shape index (κ1) is 42.6. The number of thiophene rings is 1. The van der Waals surface area contributed by atoms with Gasteiger partial charge in [-0.15, -0.1) is 11.3 Å². The predicted octanol–water partition coefficient (Wildman–Crippen LogP) is 17.0. The van der Waals surface area contributed by atoms with Crippen molar-refractivity contribution in [3.63, 3.8) is 0 Å². The van der Waals surface area contributed by atoms with Gasteiger partial charge in [0.15, 0.2) is 0 Å². The largest absolute Gasteiger partial charge is 0.345 e. The highest BCUT2D eigenvalue weighted by Crippen LogP contribution is 2.57. The van der Waals surface area contributed by atoms with Crippen LogP contribution in [-0.4, -0.2) is 7.05 Å². The van der Waals surface area contributed by atoms with Crippen molar-refractivity contribution in [3.8, 4) is 11.1 Å². The third-order valence-electron chi connectivity index (χ3n) is 13.4. The van der Waals surface area contributed by atoms with E-state index in [0.717, 1.165) is 6.42 Å². The lowest BCUT2D eigenvalue weighted by Gasteiger charge is -2.42. The van der Waals surface area contributed by atoms with Crippen LogP contribution < -0.4 is 4.90 Å². The molecule has 6 aromatic carbocycles. The van der Waals surface area contributed by atoms with Gasteiger partial charge >= 0.3 is 0 Å². The van der Waals surface area contributed by atoms with E-state index in [1.165, 1.54) is 87.2 Å². The number of anilines is 1. The monoisotopic (exact) mass is 847 g/mol. The summed E-state index contributed by atoms with van der Waals surface area (Å²) in [5.74, 6) is 0.342. The van der Waals surface area contributed by atoms with E-state index in [9.17, 15) is 0 Å². The molecule has 0 spiro atoms. The average Bonchev–Trinajstić information content (AvgIpc) is 3.88. The number of allylic oxidation sites excluding steroid dienone is 15. The van der Waals surface area contributed by atoms with Gasteiger partial charge in [-0.2, -0.15) is 0 Å². The second-order valence-electron chi connectivity index (χ2n) is 16.9. The molecule has 0 saturated carbocycles. The molecule has 1 aromatic heterocycles. The topological polar surface area (TPSA) is 3.24 Å². The number of rotatable bonds is 7. The fourth-order valence-corrected chi connectivity index (χ4v) is 11.5. The maximum Gasteiger partial charge on any atom is 0.0714 e. The minimum atomic E-state index is -0.397. The van der Waals surface area contributed by atoms with Crippen molar-refractivity contribution in [3.05, 3.63) is 263 Å². The van der Waals surface area contributed by atoms with Crippen LogP contribution in [0.1, 0.15) is 68.9 Å². The Morgan fingerprint density at radius 1 is 0.672 bits per heavy atom. The molecule has 1 nitrogen and oxygen atoms in total. The zero-order valence-corrected chi connectivity index (χ0v) is 38.7. The SMILES string of the molecule is C/C=C\C(=C/CC)c1ccc2c(c1)sc1ccccc12.CC.CN(C1=C[C@@]2(C)C(=CC=C3C=CC=CC32)C=C1)c1ccc2c(c1)C(c1ccccc1)(c1ccccc1)c1ccccc1-2. The van der Waals surface area contributed by atoms with Crippen molar-refractivity contribution in [1.29, 1.82) is 0 Å². The number of benzene rings is 6. The highest BCUT2D eigenvalue weighted by molar-refractivity contribution is 7.25. The standard InChI is InChI=1S/C41H33N.C19H18S.C2H6/c1-40-28-34(24-23-30(40)22-21-29-13-9-11-19-37(29)40)42(2)33-25-26-36-35-18-10-12-20-38(35)41(39(36)27-33,31-14-5-3-6-15-31)32-16-7-4-8-17-32;1-3-7-14(8-4-2)15-11-12-17-16-9-5-6-10-18(16)20-19(17)13-15;1-2/h3-28,37H,1-2H3;3,5-13H,4H2,1-2H3;1-2H3/b;7-3-,14-8+;/t37?,40-;;/m0../s1. The summed E-state index contributed by atoms with van der Waals surface area (Å²) in [7, 11) is 2.21. The highest BCUT2D eigenvalue weighted by Gasteiger charge is 2.46. The Morgan fingerprint density at radius 2 is 1.36 bits per heavy atom. The van der Waals surface area contributed by atoms with Crippen LogP contribution in [0.25, 0.3) is 36.9 Å². The first-order valence-electron chi connectivity index (χ1n) is 23.0. The van der Waals surface area contributed by atoms with Crippen molar-refractivity contribution in [2.75, 3.05) is 11.9 Å². The molecular formula is C62H57NS. The van der Waals surface area contributed by atoms with Gasteiger partial charge in [-0.1, -0.05) is 210 Å². The molecule has 7 aromatic rings. The van der Waals surface area contributed by atoms with Crippen LogP contribution in [0.15, 0.2) is 235 Å². The van der Waals surface area contributed by atoms with E-state index in [-0.39, 0.29) is 5.41 Å². The number of hydrogen-bond acceptors (Lipinski definition) is 2. The van der Waals surface area contributed by atoms with Gasteiger partial charge in [0, 0.05) is 49.9 Å². The Kier molecular flexibility index (Phi) is 12.1. The minimum Gasteiger partial charge on any atom is -0.345 e. The normalized spacial score (nSPS) is 18.7. The second kappa shape index (κ2) is 18.2. The second-order valence-corrected chi connectivity index (χ2v) is 18.0. The third kappa shape index (κ3) is 7.30. The fourth-order valence-electron chi connectivity index (χ4n) is 10.3. The summed E-state index contributed by atoms with van der Waals surface area (Å²) in [6.07, 6.45) is 28.2. The lowest BCUT2D eigenvalue weighted by Crippen LogP contribution is -2.33. The molecule has 4 aliphatic rings. The molecule has 2 atom stereocenters. The molecule has 0 aliphatic heterocycles. The van der Waals surface area contributed by atoms with E-state index in [4.69, 9.17) is 0 Å². The van der Waals surface area contributed by atoms with E-state index in [0.29, 0.717) is 5.92 Å². The Labute approximate surface area is 384 Å². The van der Waals surface area contributed by atoms with Crippen molar-refractivity contribution in [2.24, 2.45) is 11.3 Å². The van der Waals surface area contributed by atoms with E-state index < -0.39 is 5.41 Å². The Bertz CT molecular complexity index is 3050. The molecule has 2 heteroatoms. The molecule has 1 heterocycles. The molecule has 0 amide bonds. The van der Waals surface area contributed by atoms with E-state index in [1.807, 2.05) is 25.2 Å². The molecule has 0 saturated heterocycles. The zero-order chi connectivity index (χ0) is 44.3. The molecule has 0 radical (unpaired) electrons. The number of hydrogen-bond donors (Lipinski definition) is 0. The van der Waals surface area contributed by atoms with Crippen LogP contribution >= 0.6 is 11.3 Å². The van der Waals surface area contributed by atoms with Gasteiger partial charge in [0.1, 0.15) is 0 Å². The molecular weight excluding hydrogens is 791 g/mol. The number of nitrogens with zero attached hydrogens (tertiary/aromatic N) is 1. The van der Waals surface area contributed by atoms with E-state index >= 15 is 0 Å². The molecule has 0 fully saturated rings. The Balaban J connectivity index is 0.000000198. The van der Waals surface area contributed by atoms with Gasteiger partial charge in [-0.25, -0.2) is 0 Å². The van der Waals surface area contributed by atoms with Crippen LogP contribution in [0.4, 0.5) is 5.69 Å². The highest BCUT2D eigenvalue weighted by atomic mass is 32.1. The summed E-state index contributed by atoms with van der Waals surface area (Å²) in [6.45, 7) is 10.6. The first-order valence-corrected chi connectivity index (χ1v) is 23.8. The predicted molar refractivity (Wildman–Crippen MR) is 279 cm³/mol. The lowest BCUT2D eigenvalue weighted by atomic mass is 9.63. The number of fused-ring (bicyclic) bond motifs is 9. The first-order chi connectivity index (χ1) is 31.4. The minimum absolute atomic E-state index is 0.0888. The summed E-state index contributed by atoms with van der Waals surface area (Å²) in [5, 5.41) is 2.73. The van der Waals surface area contributed by atoms with Crippen molar-refractivity contribution < 1.29 is 0 Å². The molecule has 316 valence electrons. The molecule has 11 rings (SSSR count). The summed E-state index contributed by atoms with van der Waals surface area (Å²) < 4.78 is 2.74. The fraction of sp³-hybridized carbons (Fsp3) is 0.161. The van der Waals surface area contributed by atoms with Crippen LogP contribution in [0, 0.1) is 11.3 Å². The third-order valence-corrected chi connectivity index (χ3v) is 14.5. The summed E-state index contributed by atoms with van der Waals surface area (Å²) in [4.78, 5) is 2.36. The van der Waals surface area contributed by atoms with Crippen LogP contribution in [0.2, 0.25) is 0 Å². The van der Waals surface area contributed by atoms with Crippen molar-refractivity contribution in [1.82, 2.24) is 0 Å². The molecule has 0 bridgehead atoms. The maximum absolute atomic E-state index is 2.48. The van der Waals surface area contributed by atoms with E-state index in [1.54, 1.807) is 0 Å². The van der Waals surface area contributed by atoms with Gasteiger partial charge in [-0.3, -0.25) is 0 Å².